The highest BCUT2D eigenvalue weighted by molar-refractivity contribution is 5.73. The van der Waals surface area contributed by atoms with Gasteiger partial charge in [0.15, 0.2) is 5.82 Å². The fraction of sp³-hybridized carbons (Fsp3) is 0.452. The van der Waals surface area contributed by atoms with Gasteiger partial charge in [-0.25, -0.2) is 9.97 Å². The second-order valence-corrected chi connectivity index (χ2v) is 9.52. The van der Waals surface area contributed by atoms with E-state index in [-0.39, 0.29) is 12.4 Å². The molecule has 0 bridgehead atoms. The van der Waals surface area contributed by atoms with E-state index >= 15 is 0 Å². The lowest BCUT2D eigenvalue weighted by molar-refractivity contribution is -0.135. The number of carbonyl (C=O) groups excluding carboxylic acids is 1. The van der Waals surface area contributed by atoms with Crippen LogP contribution in [0.2, 0.25) is 0 Å². The Bertz CT molecular complexity index is 1030. The fourth-order valence-corrected chi connectivity index (χ4v) is 4.11. The molecule has 3 aromatic rings. The van der Waals surface area contributed by atoms with Gasteiger partial charge < -0.3 is 9.47 Å². The number of aryl methyl sites for hydroxylation is 1. The summed E-state index contributed by atoms with van der Waals surface area (Å²) < 4.78 is 11.0. The summed E-state index contributed by atoms with van der Waals surface area (Å²) in [5, 5.41) is 0. The highest BCUT2D eigenvalue weighted by Gasteiger charge is 2.08. The van der Waals surface area contributed by atoms with E-state index in [2.05, 4.69) is 42.9 Å². The smallest absolute Gasteiger partial charge is 0.313 e. The molecule has 1 heterocycles. The second kappa shape index (κ2) is 15.1. The lowest BCUT2D eigenvalue weighted by Gasteiger charge is -2.10. The van der Waals surface area contributed by atoms with Gasteiger partial charge in [-0.3, -0.25) is 4.79 Å². The van der Waals surface area contributed by atoms with E-state index < -0.39 is 0 Å². The van der Waals surface area contributed by atoms with Gasteiger partial charge in [0.2, 0.25) is 0 Å². The summed E-state index contributed by atoms with van der Waals surface area (Å²) in [4.78, 5) is 21.2. The molecule has 0 aliphatic rings. The van der Waals surface area contributed by atoms with Crippen LogP contribution in [-0.2, 0) is 16.0 Å². The Morgan fingerprint density at radius 1 is 0.833 bits per heavy atom. The standard InChI is InChI=1S/C31H40N2O3/c1-4-6-7-8-10-25-21-32-31(33-22-25)28-13-11-26(12-14-28)27-15-17-29(18-16-27)36-30(34)19-20-35-23-24(3)9-5-2/h11-18,21-22,24H,4-10,19-20,23H2,1-3H3/t24-/m1/s1. The van der Waals surface area contributed by atoms with E-state index in [1.807, 2.05) is 48.8 Å². The minimum Gasteiger partial charge on any atom is -0.426 e. The molecule has 2 aromatic carbocycles. The first-order chi connectivity index (χ1) is 17.6. The molecular weight excluding hydrogens is 448 g/mol. The summed E-state index contributed by atoms with van der Waals surface area (Å²) in [6, 6.07) is 15.8. The number of benzene rings is 2. The molecule has 0 aliphatic carbocycles. The van der Waals surface area contributed by atoms with Crippen molar-refractivity contribution in [2.75, 3.05) is 13.2 Å². The number of ether oxygens (including phenoxy) is 2. The Hall–Kier alpha value is -3.05. The summed E-state index contributed by atoms with van der Waals surface area (Å²) >= 11 is 0. The van der Waals surface area contributed by atoms with Gasteiger partial charge in [-0.1, -0.05) is 82.9 Å². The van der Waals surface area contributed by atoms with E-state index in [9.17, 15) is 4.79 Å². The van der Waals surface area contributed by atoms with Crippen LogP contribution in [0.25, 0.3) is 22.5 Å². The Morgan fingerprint density at radius 3 is 2.11 bits per heavy atom. The predicted molar refractivity (Wildman–Crippen MR) is 146 cm³/mol. The molecule has 0 radical (unpaired) electrons. The molecule has 0 aliphatic heterocycles. The molecule has 1 atom stereocenters. The van der Waals surface area contributed by atoms with Gasteiger partial charge in [0.25, 0.3) is 0 Å². The monoisotopic (exact) mass is 488 g/mol. The van der Waals surface area contributed by atoms with Crippen molar-refractivity contribution in [1.82, 2.24) is 9.97 Å². The topological polar surface area (TPSA) is 61.3 Å². The summed E-state index contributed by atoms with van der Waals surface area (Å²) in [5.41, 5.74) is 4.33. The van der Waals surface area contributed by atoms with Crippen molar-refractivity contribution in [2.24, 2.45) is 5.92 Å². The van der Waals surface area contributed by atoms with Crippen LogP contribution in [0, 0.1) is 5.92 Å². The molecule has 0 saturated heterocycles. The number of hydrogen-bond acceptors (Lipinski definition) is 5. The predicted octanol–water partition coefficient (Wildman–Crippen LogP) is 7.68. The third-order valence-electron chi connectivity index (χ3n) is 6.22. The van der Waals surface area contributed by atoms with Gasteiger partial charge in [-0.15, -0.1) is 0 Å². The van der Waals surface area contributed by atoms with Gasteiger partial charge >= 0.3 is 5.97 Å². The number of esters is 1. The largest absolute Gasteiger partial charge is 0.426 e. The van der Waals surface area contributed by atoms with Crippen LogP contribution in [0.15, 0.2) is 60.9 Å². The first-order valence-corrected chi connectivity index (χ1v) is 13.4. The van der Waals surface area contributed by atoms with Crippen molar-refractivity contribution in [1.29, 1.82) is 0 Å². The number of hydrogen-bond donors (Lipinski definition) is 0. The number of nitrogens with zero attached hydrogens (tertiary/aromatic N) is 2. The molecule has 1 aromatic heterocycles. The number of rotatable bonds is 15. The first kappa shape index (κ1) is 27.5. The van der Waals surface area contributed by atoms with E-state index in [1.54, 1.807) is 0 Å². The summed E-state index contributed by atoms with van der Waals surface area (Å²) in [6.45, 7) is 7.63. The van der Waals surface area contributed by atoms with Crippen molar-refractivity contribution in [2.45, 2.75) is 72.1 Å². The zero-order valence-corrected chi connectivity index (χ0v) is 22.0. The number of aromatic nitrogens is 2. The lowest BCUT2D eigenvalue weighted by atomic mass is 10.0. The SMILES string of the molecule is CCCCCCc1cnc(-c2ccc(-c3ccc(OC(=O)CCOC[C@H](C)CCC)cc3)cc2)nc1. The highest BCUT2D eigenvalue weighted by Crippen LogP contribution is 2.25. The maximum Gasteiger partial charge on any atom is 0.313 e. The fourth-order valence-electron chi connectivity index (χ4n) is 4.11. The second-order valence-electron chi connectivity index (χ2n) is 9.52. The van der Waals surface area contributed by atoms with Crippen molar-refractivity contribution < 1.29 is 14.3 Å². The van der Waals surface area contributed by atoms with E-state index in [4.69, 9.17) is 9.47 Å². The molecule has 36 heavy (non-hydrogen) atoms. The molecular formula is C31H40N2O3. The molecule has 192 valence electrons. The zero-order valence-electron chi connectivity index (χ0n) is 22.0. The van der Waals surface area contributed by atoms with Crippen LogP contribution < -0.4 is 4.74 Å². The molecule has 3 rings (SSSR count). The Labute approximate surface area is 216 Å². The molecule has 0 amide bonds. The number of unbranched alkanes of at least 4 members (excludes halogenated alkanes) is 3. The van der Waals surface area contributed by atoms with Gasteiger partial charge in [0.05, 0.1) is 13.0 Å². The quantitative estimate of drug-likeness (QED) is 0.125. The van der Waals surface area contributed by atoms with Crippen molar-refractivity contribution in [3.63, 3.8) is 0 Å². The zero-order chi connectivity index (χ0) is 25.6. The minimum absolute atomic E-state index is 0.254. The van der Waals surface area contributed by atoms with E-state index in [1.165, 1.54) is 31.2 Å². The average molecular weight is 489 g/mol. The van der Waals surface area contributed by atoms with Crippen LogP contribution in [0.1, 0.15) is 71.3 Å². The van der Waals surface area contributed by atoms with Crippen LogP contribution in [0.3, 0.4) is 0 Å². The normalized spacial score (nSPS) is 11.9. The van der Waals surface area contributed by atoms with Gasteiger partial charge in [-0.05, 0) is 54.0 Å². The average Bonchev–Trinajstić information content (AvgIpc) is 2.90. The molecule has 0 spiro atoms. The van der Waals surface area contributed by atoms with E-state index in [0.717, 1.165) is 41.8 Å². The first-order valence-electron chi connectivity index (χ1n) is 13.4. The summed E-state index contributed by atoms with van der Waals surface area (Å²) in [5.74, 6) is 1.53. The summed E-state index contributed by atoms with van der Waals surface area (Å²) in [7, 11) is 0. The molecule has 0 saturated carbocycles. The third-order valence-corrected chi connectivity index (χ3v) is 6.22. The van der Waals surface area contributed by atoms with Crippen molar-refractivity contribution in [3.8, 4) is 28.3 Å². The third kappa shape index (κ3) is 9.19. The van der Waals surface area contributed by atoms with Crippen LogP contribution in [0.5, 0.6) is 5.75 Å². The number of carbonyl (C=O) groups is 1. The lowest BCUT2D eigenvalue weighted by Crippen LogP contribution is -2.13. The molecule has 0 fully saturated rings. The molecule has 0 N–H and O–H groups in total. The Kier molecular flexibility index (Phi) is 11.6. The van der Waals surface area contributed by atoms with E-state index in [0.29, 0.717) is 24.9 Å². The Morgan fingerprint density at radius 2 is 1.47 bits per heavy atom. The van der Waals surface area contributed by atoms with Crippen LogP contribution in [-0.4, -0.2) is 29.2 Å². The maximum absolute atomic E-state index is 12.1. The molecule has 0 unspecified atom stereocenters. The van der Waals surface area contributed by atoms with Crippen molar-refractivity contribution >= 4 is 5.97 Å². The minimum atomic E-state index is -0.276. The maximum atomic E-state index is 12.1. The van der Waals surface area contributed by atoms with Gasteiger partial charge in [-0.2, -0.15) is 0 Å². The van der Waals surface area contributed by atoms with Crippen molar-refractivity contribution in [3.05, 3.63) is 66.5 Å². The summed E-state index contributed by atoms with van der Waals surface area (Å²) in [6.07, 6.45) is 12.5. The van der Waals surface area contributed by atoms with Gasteiger partial charge in [0, 0.05) is 24.6 Å². The van der Waals surface area contributed by atoms with Crippen LogP contribution >= 0.6 is 0 Å². The Balaban J connectivity index is 1.47. The molecule has 5 nitrogen and oxygen atoms in total. The van der Waals surface area contributed by atoms with Crippen LogP contribution in [0.4, 0.5) is 0 Å². The highest BCUT2D eigenvalue weighted by atomic mass is 16.5. The van der Waals surface area contributed by atoms with Gasteiger partial charge in [0.1, 0.15) is 5.75 Å². The molecule has 5 heteroatoms.